The lowest BCUT2D eigenvalue weighted by Gasteiger charge is -2.12. The van der Waals surface area contributed by atoms with E-state index in [-0.39, 0.29) is 23.7 Å². The molecule has 0 aliphatic carbocycles. The summed E-state index contributed by atoms with van der Waals surface area (Å²) in [5.41, 5.74) is 1.90. The Kier molecular flexibility index (Phi) is 5.99. The zero-order valence-corrected chi connectivity index (χ0v) is 17.9. The molecular formula is C23H21N3O4S. The van der Waals surface area contributed by atoms with Crippen molar-refractivity contribution in [3.63, 3.8) is 0 Å². The van der Waals surface area contributed by atoms with Crippen LogP contribution in [0.15, 0.2) is 65.3 Å². The highest BCUT2D eigenvalue weighted by atomic mass is 32.1. The van der Waals surface area contributed by atoms with Crippen molar-refractivity contribution >= 4 is 44.2 Å². The Balaban J connectivity index is 1.43. The van der Waals surface area contributed by atoms with E-state index in [4.69, 9.17) is 9.15 Å². The van der Waals surface area contributed by atoms with Gasteiger partial charge in [0.2, 0.25) is 0 Å². The van der Waals surface area contributed by atoms with Crippen LogP contribution < -0.4 is 15.4 Å². The highest BCUT2D eigenvalue weighted by Crippen LogP contribution is 2.29. The Morgan fingerprint density at radius 3 is 2.61 bits per heavy atom. The number of nitrogens with zero attached hydrogens (tertiary/aromatic N) is 1. The van der Waals surface area contributed by atoms with Crippen LogP contribution in [0.25, 0.3) is 10.2 Å². The molecule has 1 atom stereocenters. The Morgan fingerprint density at radius 2 is 1.90 bits per heavy atom. The van der Waals surface area contributed by atoms with Crippen LogP contribution in [-0.4, -0.2) is 22.9 Å². The maximum Gasteiger partial charge on any atom is 0.293 e. The van der Waals surface area contributed by atoms with E-state index in [1.54, 1.807) is 48.5 Å². The summed E-state index contributed by atoms with van der Waals surface area (Å²) in [4.78, 5) is 29.1. The van der Waals surface area contributed by atoms with Crippen LogP contribution in [0.1, 0.15) is 41.2 Å². The first-order valence-electron chi connectivity index (χ1n) is 9.85. The van der Waals surface area contributed by atoms with E-state index in [0.717, 1.165) is 22.4 Å². The molecule has 0 saturated heterocycles. The van der Waals surface area contributed by atoms with Gasteiger partial charge >= 0.3 is 0 Å². The van der Waals surface area contributed by atoms with Crippen molar-refractivity contribution in [1.29, 1.82) is 0 Å². The second-order valence-electron chi connectivity index (χ2n) is 6.95. The lowest BCUT2D eigenvalue weighted by molar-refractivity contribution is 0.0994. The van der Waals surface area contributed by atoms with E-state index < -0.39 is 0 Å². The van der Waals surface area contributed by atoms with Crippen molar-refractivity contribution in [3.8, 4) is 5.75 Å². The Morgan fingerprint density at radius 1 is 1.10 bits per heavy atom. The third-order valence-electron chi connectivity index (χ3n) is 4.64. The van der Waals surface area contributed by atoms with Crippen LogP contribution in [0.4, 0.5) is 10.8 Å². The summed E-state index contributed by atoms with van der Waals surface area (Å²) < 4.78 is 11.7. The number of thiazole rings is 1. The van der Waals surface area contributed by atoms with E-state index in [0.29, 0.717) is 16.4 Å². The van der Waals surface area contributed by atoms with Crippen molar-refractivity contribution in [2.45, 2.75) is 26.4 Å². The summed E-state index contributed by atoms with van der Waals surface area (Å²) in [6.45, 7) is 4.06. The molecule has 4 aromatic rings. The predicted octanol–water partition coefficient (Wildman–Crippen LogP) is 5.57. The van der Waals surface area contributed by atoms with E-state index >= 15 is 0 Å². The van der Waals surface area contributed by atoms with Gasteiger partial charge in [0.05, 0.1) is 22.6 Å². The second-order valence-corrected chi connectivity index (χ2v) is 7.98. The normalized spacial score (nSPS) is 11.8. The van der Waals surface area contributed by atoms with E-state index in [1.165, 1.54) is 17.6 Å². The summed E-state index contributed by atoms with van der Waals surface area (Å²) in [5, 5.41) is 6.06. The first-order valence-corrected chi connectivity index (χ1v) is 10.7. The van der Waals surface area contributed by atoms with Gasteiger partial charge in [0, 0.05) is 11.3 Å². The summed E-state index contributed by atoms with van der Waals surface area (Å²) >= 11 is 1.32. The number of fused-ring (bicyclic) bond motifs is 1. The molecule has 31 heavy (non-hydrogen) atoms. The third kappa shape index (κ3) is 4.92. The molecular weight excluding hydrogens is 414 g/mol. The van der Waals surface area contributed by atoms with Crippen LogP contribution in [0.3, 0.4) is 0 Å². The summed E-state index contributed by atoms with van der Waals surface area (Å²) in [6, 6.07) is 15.7. The van der Waals surface area contributed by atoms with Crippen molar-refractivity contribution in [2.75, 3.05) is 10.6 Å². The number of hydrogen-bond donors (Lipinski definition) is 2. The molecule has 0 aliphatic rings. The number of benzene rings is 2. The molecule has 8 heteroatoms. The molecule has 0 saturated carbocycles. The quantitative estimate of drug-likeness (QED) is 0.396. The van der Waals surface area contributed by atoms with Gasteiger partial charge in [-0.05, 0) is 67.9 Å². The lowest BCUT2D eigenvalue weighted by atomic mass is 10.2. The third-order valence-corrected chi connectivity index (χ3v) is 5.57. The lowest BCUT2D eigenvalue weighted by Crippen LogP contribution is -2.12. The molecule has 0 unspecified atom stereocenters. The molecule has 0 aliphatic heterocycles. The second kappa shape index (κ2) is 9.01. The van der Waals surface area contributed by atoms with Crippen molar-refractivity contribution < 1.29 is 18.7 Å². The standard InChI is InChI=1S/C23H21N3O4S/c1-3-14(2)30-17-9-6-15(7-10-17)21(27)24-16-8-11-18-20(13-16)31-23(25-18)26-22(28)19-5-4-12-29-19/h4-14H,3H2,1-2H3,(H,24,27)(H,25,26,28)/t14-/m1/s1. The van der Waals surface area contributed by atoms with Crippen molar-refractivity contribution in [1.82, 2.24) is 4.98 Å². The zero-order valence-electron chi connectivity index (χ0n) is 17.0. The number of aromatic nitrogens is 1. The van der Waals surface area contributed by atoms with Crippen LogP contribution >= 0.6 is 11.3 Å². The average Bonchev–Trinajstić information content (AvgIpc) is 3.43. The van der Waals surface area contributed by atoms with Gasteiger partial charge in [-0.2, -0.15) is 0 Å². The maximum absolute atomic E-state index is 12.6. The number of hydrogen-bond acceptors (Lipinski definition) is 6. The van der Waals surface area contributed by atoms with E-state index in [9.17, 15) is 9.59 Å². The fourth-order valence-electron chi connectivity index (χ4n) is 2.83. The molecule has 2 heterocycles. The number of carbonyl (C=O) groups is 2. The van der Waals surface area contributed by atoms with Gasteiger partial charge in [-0.15, -0.1) is 0 Å². The van der Waals surface area contributed by atoms with Crippen LogP contribution in [0, 0.1) is 0 Å². The molecule has 0 spiro atoms. The molecule has 2 aromatic carbocycles. The van der Waals surface area contributed by atoms with E-state index in [1.807, 2.05) is 13.0 Å². The van der Waals surface area contributed by atoms with Gasteiger partial charge in [-0.25, -0.2) is 4.98 Å². The van der Waals surface area contributed by atoms with Crippen LogP contribution in [0.2, 0.25) is 0 Å². The zero-order chi connectivity index (χ0) is 21.8. The highest BCUT2D eigenvalue weighted by Gasteiger charge is 2.13. The number of amides is 2. The number of nitrogens with one attached hydrogen (secondary N) is 2. The summed E-state index contributed by atoms with van der Waals surface area (Å²) in [7, 11) is 0. The summed E-state index contributed by atoms with van der Waals surface area (Å²) in [5.74, 6) is 0.373. The van der Waals surface area contributed by atoms with Crippen LogP contribution in [0.5, 0.6) is 5.75 Å². The number of ether oxygens (including phenoxy) is 1. The number of furan rings is 1. The topological polar surface area (TPSA) is 93.5 Å². The minimum Gasteiger partial charge on any atom is -0.491 e. The molecule has 2 aromatic heterocycles. The molecule has 2 N–H and O–H groups in total. The van der Waals surface area contributed by atoms with Gasteiger partial charge in [-0.3, -0.25) is 14.9 Å². The molecule has 158 valence electrons. The van der Waals surface area contributed by atoms with Crippen molar-refractivity contribution in [2.24, 2.45) is 0 Å². The molecule has 7 nitrogen and oxygen atoms in total. The van der Waals surface area contributed by atoms with Gasteiger partial charge in [-0.1, -0.05) is 18.3 Å². The SMILES string of the molecule is CC[C@@H](C)Oc1ccc(C(=O)Nc2ccc3nc(NC(=O)c4ccco4)sc3c2)cc1. The maximum atomic E-state index is 12.6. The van der Waals surface area contributed by atoms with E-state index in [2.05, 4.69) is 22.5 Å². The summed E-state index contributed by atoms with van der Waals surface area (Å²) in [6.07, 6.45) is 2.48. The highest BCUT2D eigenvalue weighted by molar-refractivity contribution is 7.22. The largest absolute Gasteiger partial charge is 0.491 e. The Hall–Kier alpha value is -3.65. The first-order chi connectivity index (χ1) is 15.0. The number of carbonyl (C=O) groups excluding carboxylic acids is 2. The fourth-order valence-corrected chi connectivity index (χ4v) is 3.73. The van der Waals surface area contributed by atoms with Gasteiger partial charge < -0.3 is 14.5 Å². The smallest absolute Gasteiger partial charge is 0.293 e. The molecule has 0 bridgehead atoms. The van der Waals surface area contributed by atoms with Crippen molar-refractivity contribution in [3.05, 3.63) is 72.2 Å². The number of anilines is 2. The average molecular weight is 436 g/mol. The monoisotopic (exact) mass is 435 g/mol. The first kappa shape index (κ1) is 20.6. The minimum atomic E-state index is -0.363. The molecule has 0 fully saturated rings. The van der Waals surface area contributed by atoms with Crippen LogP contribution in [-0.2, 0) is 0 Å². The molecule has 4 rings (SSSR count). The molecule has 2 amide bonds. The predicted molar refractivity (Wildman–Crippen MR) is 121 cm³/mol. The Labute approximate surface area is 183 Å². The number of rotatable bonds is 7. The molecule has 0 radical (unpaired) electrons. The minimum absolute atomic E-state index is 0.125. The van der Waals surface area contributed by atoms with Gasteiger partial charge in [0.15, 0.2) is 10.9 Å². The fraction of sp³-hybridized carbons (Fsp3) is 0.174. The van der Waals surface area contributed by atoms with Gasteiger partial charge in [0.25, 0.3) is 11.8 Å². The Bertz CT molecular complexity index is 1200. The van der Waals surface area contributed by atoms with Gasteiger partial charge in [0.1, 0.15) is 5.75 Å².